The monoisotopic (exact) mass is 268 g/mol. The second-order valence-electron chi connectivity index (χ2n) is 6.84. The summed E-state index contributed by atoms with van der Waals surface area (Å²) in [6.45, 7) is 19.1. The molecule has 2 saturated heterocycles. The zero-order valence-corrected chi connectivity index (χ0v) is 14.0. The van der Waals surface area contributed by atoms with Crippen molar-refractivity contribution in [3.8, 4) is 0 Å². The summed E-state index contributed by atoms with van der Waals surface area (Å²) >= 11 is 0. The molecule has 0 aromatic rings. The van der Waals surface area contributed by atoms with E-state index in [-0.39, 0.29) is 0 Å². The van der Waals surface area contributed by atoms with Gasteiger partial charge in [-0.05, 0) is 69.7 Å². The molecule has 0 spiro atoms. The Hall–Kier alpha value is -0.0800. The fourth-order valence-corrected chi connectivity index (χ4v) is 3.19. The number of nitrogens with zero attached hydrogens (tertiary/aromatic N) is 2. The molecule has 0 bridgehead atoms. The highest BCUT2D eigenvalue weighted by molar-refractivity contribution is 4.81. The maximum atomic E-state index is 2.72. The van der Waals surface area contributed by atoms with Crippen LogP contribution in [-0.4, -0.2) is 49.1 Å². The molecule has 0 atom stereocenters. The Balaban J connectivity index is 0.000000861. The highest BCUT2D eigenvalue weighted by Gasteiger charge is 2.27. The minimum absolute atomic E-state index is 0.599. The van der Waals surface area contributed by atoms with Gasteiger partial charge in [-0.15, -0.1) is 0 Å². The number of piperidine rings is 2. The SMILES string of the molecule is CC.CCN1CCC(CN2CCC(C)(C)CC2)CC1. The van der Waals surface area contributed by atoms with Gasteiger partial charge in [0.1, 0.15) is 0 Å². The maximum Gasteiger partial charge on any atom is 0.00106 e. The van der Waals surface area contributed by atoms with E-state index >= 15 is 0 Å². The van der Waals surface area contributed by atoms with Gasteiger partial charge < -0.3 is 9.80 Å². The third-order valence-corrected chi connectivity index (χ3v) is 4.88. The Bertz CT molecular complexity index is 219. The number of hydrogen-bond acceptors (Lipinski definition) is 2. The van der Waals surface area contributed by atoms with E-state index in [0.29, 0.717) is 5.41 Å². The van der Waals surface area contributed by atoms with Crippen LogP contribution in [0.15, 0.2) is 0 Å². The van der Waals surface area contributed by atoms with Crippen molar-refractivity contribution in [1.29, 1.82) is 0 Å². The quantitative estimate of drug-likeness (QED) is 0.767. The first-order valence-corrected chi connectivity index (χ1v) is 8.54. The summed E-state index contributed by atoms with van der Waals surface area (Å²) in [5.41, 5.74) is 0.599. The lowest BCUT2D eigenvalue weighted by molar-refractivity contribution is 0.0946. The largest absolute Gasteiger partial charge is 0.304 e. The summed E-state index contributed by atoms with van der Waals surface area (Å²) in [5.74, 6) is 0.971. The minimum Gasteiger partial charge on any atom is -0.304 e. The van der Waals surface area contributed by atoms with Gasteiger partial charge in [-0.25, -0.2) is 0 Å². The lowest BCUT2D eigenvalue weighted by Crippen LogP contribution is -2.42. The molecular weight excluding hydrogens is 232 g/mol. The molecule has 0 unspecified atom stereocenters. The first-order chi connectivity index (χ1) is 9.09. The van der Waals surface area contributed by atoms with E-state index in [1.807, 2.05) is 13.8 Å². The summed E-state index contributed by atoms with van der Waals surface area (Å²) in [6.07, 6.45) is 5.63. The zero-order chi connectivity index (χ0) is 14.3. The van der Waals surface area contributed by atoms with Crippen molar-refractivity contribution in [1.82, 2.24) is 9.80 Å². The van der Waals surface area contributed by atoms with Gasteiger partial charge in [-0.1, -0.05) is 34.6 Å². The first kappa shape index (κ1) is 17.0. The average molecular weight is 268 g/mol. The predicted molar refractivity (Wildman–Crippen MR) is 85.6 cm³/mol. The Morgan fingerprint density at radius 3 is 1.89 bits per heavy atom. The third-order valence-electron chi connectivity index (χ3n) is 4.88. The van der Waals surface area contributed by atoms with Crippen LogP contribution in [0.3, 0.4) is 0 Å². The zero-order valence-electron chi connectivity index (χ0n) is 14.0. The van der Waals surface area contributed by atoms with Crippen LogP contribution >= 0.6 is 0 Å². The van der Waals surface area contributed by atoms with Crippen molar-refractivity contribution in [2.45, 2.75) is 60.3 Å². The predicted octanol–water partition coefficient (Wildman–Crippen LogP) is 3.87. The molecule has 2 aliphatic heterocycles. The molecule has 0 amide bonds. The van der Waals surface area contributed by atoms with Crippen molar-refractivity contribution in [2.75, 3.05) is 39.3 Å². The van der Waals surface area contributed by atoms with E-state index in [4.69, 9.17) is 0 Å². The smallest absolute Gasteiger partial charge is 0.00106 e. The van der Waals surface area contributed by atoms with Crippen molar-refractivity contribution in [2.24, 2.45) is 11.3 Å². The second kappa shape index (κ2) is 8.26. The van der Waals surface area contributed by atoms with E-state index in [2.05, 4.69) is 30.6 Å². The highest BCUT2D eigenvalue weighted by Crippen LogP contribution is 2.30. The van der Waals surface area contributed by atoms with Crippen LogP contribution in [0.1, 0.15) is 60.3 Å². The van der Waals surface area contributed by atoms with Crippen molar-refractivity contribution in [3.05, 3.63) is 0 Å². The summed E-state index contributed by atoms with van der Waals surface area (Å²) in [7, 11) is 0. The van der Waals surface area contributed by atoms with Gasteiger partial charge in [0.05, 0.1) is 0 Å². The lowest BCUT2D eigenvalue weighted by atomic mass is 9.82. The Morgan fingerprint density at radius 1 is 0.895 bits per heavy atom. The van der Waals surface area contributed by atoms with Crippen molar-refractivity contribution < 1.29 is 0 Å². The molecule has 0 aromatic carbocycles. The third kappa shape index (κ3) is 5.83. The molecule has 2 rings (SSSR count). The number of likely N-dealkylation sites (tertiary alicyclic amines) is 2. The molecule has 2 aliphatic rings. The summed E-state index contributed by atoms with van der Waals surface area (Å²) in [6, 6.07) is 0. The second-order valence-corrected chi connectivity index (χ2v) is 6.84. The molecule has 0 N–H and O–H groups in total. The molecule has 0 aromatic heterocycles. The molecule has 19 heavy (non-hydrogen) atoms. The van der Waals surface area contributed by atoms with Crippen LogP contribution in [0.25, 0.3) is 0 Å². The van der Waals surface area contributed by atoms with Crippen LogP contribution in [0.2, 0.25) is 0 Å². The standard InChI is InChI=1S/C15H30N2.C2H6/c1-4-16-9-5-14(6-10-16)13-17-11-7-15(2,3)8-12-17;1-2/h14H,4-13H2,1-3H3;1-2H3. The van der Waals surface area contributed by atoms with Crippen LogP contribution < -0.4 is 0 Å². The molecule has 0 saturated carbocycles. The summed E-state index contributed by atoms with van der Waals surface area (Å²) in [5, 5.41) is 0. The topological polar surface area (TPSA) is 6.48 Å². The summed E-state index contributed by atoms with van der Waals surface area (Å²) < 4.78 is 0. The molecule has 2 fully saturated rings. The van der Waals surface area contributed by atoms with E-state index < -0.39 is 0 Å². The molecule has 0 aliphatic carbocycles. The molecule has 0 radical (unpaired) electrons. The van der Waals surface area contributed by atoms with Gasteiger partial charge in [0.15, 0.2) is 0 Å². The molecule has 114 valence electrons. The molecule has 2 heterocycles. The minimum atomic E-state index is 0.599. The maximum absolute atomic E-state index is 2.72. The average Bonchev–Trinajstić information content (AvgIpc) is 2.44. The lowest BCUT2D eigenvalue weighted by Gasteiger charge is -2.40. The highest BCUT2D eigenvalue weighted by atomic mass is 15.1. The number of hydrogen-bond donors (Lipinski definition) is 0. The van der Waals surface area contributed by atoms with E-state index in [1.54, 1.807) is 0 Å². The normalized spacial score (nSPS) is 25.7. The van der Waals surface area contributed by atoms with Crippen LogP contribution in [0.4, 0.5) is 0 Å². The van der Waals surface area contributed by atoms with Gasteiger partial charge in [0, 0.05) is 6.54 Å². The van der Waals surface area contributed by atoms with Crippen LogP contribution in [0.5, 0.6) is 0 Å². The van der Waals surface area contributed by atoms with E-state index in [0.717, 1.165) is 5.92 Å². The van der Waals surface area contributed by atoms with Crippen molar-refractivity contribution in [3.63, 3.8) is 0 Å². The first-order valence-electron chi connectivity index (χ1n) is 8.54. The number of rotatable bonds is 3. The molecular formula is C17H36N2. The Morgan fingerprint density at radius 2 is 1.42 bits per heavy atom. The van der Waals surface area contributed by atoms with Gasteiger partial charge >= 0.3 is 0 Å². The van der Waals surface area contributed by atoms with E-state index in [9.17, 15) is 0 Å². The molecule has 2 heteroatoms. The van der Waals surface area contributed by atoms with Crippen LogP contribution in [-0.2, 0) is 0 Å². The Kier molecular flexibility index (Phi) is 7.38. The van der Waals surface area contributed by atoms with E-state index in [1.165, 1.54) is 65.0 Å². The van der Waals surface area contributed by atoms with Gasteiger partial charge in [-0.2, -0.15) is 0 Å². The summed E-state index contributed by atoms with van der Waals surface area (Å²) in [4.78, 5) is 5.31. The van der Waals surface area contributed by atoms with Gasteiger partial charge in [0.25, 0.3) is 0 Å². The van der Waals surface area contributed by atoms with Crippen LogP contribution in [0, 0.1) is 11.3 Å². The fraction of sp³-hybridized carbons (Fsp3) is 1.00. The van der Waals surface area contributed by atoms with Gasteiger partial charge in [0.2, 0.25) is 0 Å². The van der Waals surface area contributed by atoms with Gasteiger partial charge in [-0.3, -0.25) is 0 Å². The van der Waals surface area contributed by atoms with Crippen molar-refractivity contribution >= 4 is 0 Å². The fourth-order valence-electron chi connectivity index (χ4n) is 3.19. The molecule has 2 nitrogen and oxygen atoms in total. The Labute approximate surface area is 121 Å².